The van der Waals surface area contributed by atoms with Gasteiger partial charge in [0.2, 0.25) is 0 Å². The summed E-state index contributed by atoms with van der Waals surface area (Å²) in [6.45, 7) is 0.396. The van der Waals surface area contributed by atoms with E-state index >= 15 is 0 Å². The molecule has 0 unspecified atom stereocenters. The normalized spacial score (nSPS) is 12.4. The Morgan fingerprint density at radius 2 is 1.71 bits per heavy atom. The summed E-state index contributed by atoms with van der Waals surface area (Å²) in [7, 11) is 0. The van der Waals surface area contributed by atoms with Crippen LogP contribution >= 0.6 is 22.7 Å². The molecule has 0 atom stereocenters. The van der Waals surface area contributed by atoms with Crippen LogP contribution < -0.4 is 11.5 Å². The zero-order valence-electron chi connectivity index (χ0n) is 14.9. The molecule has 0 fully saturated rings. The number of nitrogens with one attached hydrogen (secondary N) is 1. The maximum atomic E-state index is 6.09. The molecule has 140 valence electrons. The minimum absolute atomic E-state index is 0.396. The van der Waals surface area contributed by atoms with Gasteiger partial charge >= 0.3 is 0 Å². The number of aliphatic imine (C=N–C) groups is 2. The third kappa shape index (κ3) is 4.19. The van der Waals surface area contributed by atoms with Crippen LogP contribution in [0.3, 0.4) is 0 Å². The predicted octanol–water partition coefficient (Wildman–Crippen LogP) is 4.14. The van der Waals surface area contributed by atoms with Crippen LogP contribution in [0.5, 0.6) is 0 Å². The number of H-pyrrole nitrogens is 1. The number of benzene rings is 1. The largest absolute Gasteiger partial charge is 0.383 e. The van der Waals surface area contributed by atoms with E-state index in [4.69, 9.17) is 11.5 Å². The minimum Gasteiger partial charge on any atom is -0.383 e. The van der Waals surface area contributed by atoms with Gasteiger partial charge in [0.05, 0.1) is 27.7 Å². The average molecular weight is 407 g/mol. The number of thiophene rings is 2. The summed E-state index contributed by atoms with van der Waals surface area (Å²) in [4.78, 5) is 18.6. The molecule has 0 saturated heterocycles. The van der Waals surface area contributed by atoms with Crippen LogP contribution in [-0.4, -0.2) is 21.6 Å². The highest BCUT2D eigenvalue weighted by molar-refractivity contribution is 7.12. The van der Waals surface area contributed by atoms with E-state index in [0.717, 1.165) is 32.5 Å². The first-order valence-corrected chi connectivity index (χ1v) is 10.3. The molecule has 3 aromatic heterocycles. The van der Waals surface area contributed by atoms with Gasteiger partial charge < -0.3 is 16.5 Å². The summed E-state index contributed by atoms with van der Waals surface area (Å²) < 4.78 is 0. The Balaban J connectivity index is 1.51. The molecule has 0 bridgehead atoms. The highest BCUT2D eigenvalue weighted by Crippen LogP contribution is 2.24. The number of imidazole rings is 1. The van der Waals surface area contributed by atoms with Gasteiger partial charge in [0, 0.05) is 11.8 Å². The smallest absolute Gasteiger partial charge is 0.141 e. The maximum Gasteiger partial charge on any atom is 0.141 e. The second-order valence-electron chi connectivity index (χ2n) is 5.94. The van der Waals surface area contributed by atoms with Crippen LogP contribution in [0.25, 0.3) is 11.3 Å². The summed E-state index contributed by atoms with van der Waals surface area (Å²) in [6, 6.07) is 15.6. The number of nitrogens with zero attached hydrogens (tertiary/aromatic N) is 3. The fraction of sp³-hybridized carbons (Fsp3) is 0.0500. The molecule has 0 aliphatic heterocycles. The molecule has 4 aromatic rings. The molecule has 4 rings (SSSR count). The van der Waals surface area contributed by atoms with Crippen LogP contribution in [0, 0.1) is 0 Å². The topological polar surface area (TPSA) is 105 Å². The van der Waals surface area contributed by atoms with Crippen molar-refractivity contribution < 1.29 is 0 Å². The second-order valence-corrected chi connectivity index (χ2v) is 7.83. The summed E-state index contributed by atoms with van der Waals surface area (Å²) in [6.07, 6.45) is 1.86. The number of hydrogen-bond donors (Lipinski definition) is 3. The predicted molar refractivity (Wildman–Crippen MR) is 117 cm³/mol. The van der Waals surface area contributed by atoms with Crippen LogP contribution in [0.1, 0.15) is 15.6 Å². The lowest BCUT2D eigenvalue weighted by Crippen LogP contribution is -2.11. The zero-order valence-corrected chi connectivity index (χ0v) is 16.5. The van der Waals surface area contributed by atoms with Gasteiger partial charge in [-0.15, -0.1) is 22.7 Å². The lowest BCUT2D eigenvalue weighted by Gasteiger charge is -2.01. The van der Waals surface area contributed by atoms with Gasteiger partial charge in [-0.25, -0.2) is 9.98 Å². The van der Waals surface area contributed by atoms with E-state index in [1.54, 1.807) is 22.7 Å². The molecule has 5 N–H and O–H groups in total. The zero-order chi connectivity index (χ0) is 19.3. The highest BCUT2D eigenvalue weighted by atomic mass is 32.1. The first-order valence-electron chi connectivity index (χ1n) is 8.55. The molecule has 0 spiro atoms. The third-order valence-corrected chi connectivity index (χ3v) is 5.75. The Kier molecular flexibility index (Phi) is 5.31. The van der Waals surface area contributed by atoms with Crippen molar-refractivity contribution in [2.75, 3.05) is 0 Å². The van der Waals surface area contributed by atoms with Crippen LogP contribution in [0.2, 0.25) is 0 Å². The van der Waals surface area contributed by atoms with Crippen LogP contribution in [0.15, 0.2) is 75.5 Å². The van der Waals surface area contributed by atoms with Crippen molar-refractivity contribution in [1.29, 1.82) is 0 Å². The average Bonchev–Trinajstić information content (AvgIpc) is 3.49. The molecule has 0 amide bonds. The van der Waals surface area contributed by atoms with Crippen molar-refractivity contribution in [2.24, 2.45) is 21.5 Å². The first kappa shape index (κ1) is 18.1. The Morgan fingerprint density at radius 1 is 0.964 bits per heavy atom. The fourth-order valence-corrected chi connectivity index (χ4v) is 3.88. The molecule has 0 aliphatic carbocycles. The summed E-state index contributed by atoms with van der Waals surface area (Å²) in [5, 5.41) is 3.95. The van der Waals surface area contributed by atoms with Crippen molar-refractivity contribution in [2.45, 2.75) is 6.54 Å². The molecule has 0 radical (unpaired) electrons. The van der Waals surface area contributed by atoms with Crippen molar-refractivity contribution in [1.82, 2.24) is 9.97 Å². The Labute approximate surface area is 170 Å². The minimum atomic E-state index is 0.396. The highest BCUT2D eigenvalue weighted by Gasteiger charge is 2.06. The lowest BCUT2D eigenvalue weighted by atomic mass is 10.1. The number of hydrogen-bond acceptors (Lipinski definition) is 5. The lowest BCUT2D eigenvalue weighted by molar-refractivity contribution is 0.948. The van der Waals surface area contributed by atoms with E-state index in [2.05, 4.69) is 20.0 Å². The van der Waals surface area contributed by atoms with Gasteiger partial charge in [-0.1, -0.05) is 24.3 Å². The van der Waals surface area contributed by atoms with E-state index in [1.807, 2.05) is 65.5 Å². The molecule has 0 aliphatic rings. The molecule has 0 saturated carbocycles. The van der Waals surface area contributed by atoms with Crippen molar-refractivity contribution in [3.05, 3.63) is 81.1 Å². The van der Waals surface area contributed by atoms with E-state index in [0.29, 0.717) is 18.2 Å². The molecular formula is C20H18N6S2. The van der Waals surface area contributed by atoms with Gasteiger partial charge in [-0.05, 0) is 35.0 Å². The maximum absolute atomic E-state index is 6.09. The Hall–Kier alpha value is -3.23. The van der Waals surface area contributed by atoms with Crippen molar-refractivity contribution in [3.63, 3.8) is 0 Å². The molecule has 6 nitrogen and oxygen atoms in total. The number of aromatic amines is 1. The number of nitrogens with two attached hydrogens (primary N) is 2. The van der Waals surface area contributed by atoms with Crippen molar-refractivity contribution in [3.8, 4) is 11.3 Å². The summed E-state index contributed by atoms with van der Waals surface area (Å²) >= 11 is 3.13. The van der Waals surface area contributed by atoms with E-state index in [9.17, 15) is 0 Å². The van der Waals surface area contributed by atoms with Gasteiger partial charge in [0.15, 0.2) is 0 Å². The molecule has 8 heteroatoms. The first-order chi connectivity index (χ1) is 13.7. The molecular weight excluding hydrogens is 388 g/mol. The van der Waals surface area contributed by atoms with Gasteiger partial charge in [-0.2, -0.15) is 0 Å². The van der Waals surface area contributed by atoms with Gasteiger partial charge in [0.25, 0.3) is 0 Å². The monoisotopic (exact) mass is 406 g/mol. The number of aromatic nitrogens is 2. The second kappa shape index (κ2) is 8.20. The fourth-order valence-electron chi connectivity index (χ4n) is 2.61. The SMILES string of the molecule is NC(=NCc1nc(-c2cccc(N=C(N)c3cccs3)c2)c[nH]1)c1cccs1. The summed E-state index contributed by atoms with van der Waals surface area (Å²) in [5.74, 6) is 1.78. The Morgan fingerprint density at radius 3 is 2.43 bits per heavy atom. The van der Waals surface area contributed by atoms with Crippen LogP contribution in [-0.2, 0) is 6.54 Å². The van der Waals surface area contributed by atoms with Crippen molar-refractivity contribution >= 4 is 40.0 Å². The number of rotatable bonds is 6. The van der Waals surface area contributed by atoms with E-state index in [1.165, 1.54) is 0 Å². The van der Waals surface area contributed by atoms with Gasteiger partial charge in [-0.3, -0.25) is 4.99 Å². The third-order valence-electron chi connectivity index (χ3n) is 3.97. The van der Waals surface area contributed by atoms with E-state index in [-0.39, 0.29) is 0 Å². The number of amidine groups is 2. The standard InChI is InChI=1S/C20H18N6S2/c21-19(16-6-2-8-27-16)24-12-18-23-11-15(26-18)13-4-1-5-14(10-13)25-20(22)17-7-3-9-28-17/h1-11H,12H2,(H2,21,24)(H2,22,25)(H,23,26). The molecule has 1 aromatic carbocycles. The quantitative estimate of drug-likeness (QED) is 0.331. The van der Waals surface area contributed by atoms with Gasteiger partial charge in [0.1, 0.15) is 17.5 Å². The Bertz CT molecular complexity index is 1110. The molecule has 28 heavy (non-hydrogen) atoms. The van der Waals surface area contributed by atoms with E-state index < -0.39 is 0 Å². The van der Waals surface area contributed by atoms with Crippen LogP contribution in [0.4, 0.5) is 5.69 Å². The molecule has 3 heterocycles. The summed E-state index contributed by atoms with van der Waals surface area (Å²) in [5.41, 5.74) is 14.7.